The van der Waals surface area contributed by atoms with Crippen molar-refractivity contribution < 1.29 is 9.53 Å². The summed E-state index contributed by atoms with van der Waals surface area (Å²) in [7, 11) is 1.80. The molecule has 5 heteroatoms. The van der Waals surface area contributed by atoms with Gasteiger partial charge in [-0.15, -0.1) is 11.8 Å². The highest BCUT2D eigenvalue weighted by atomic mass is 35.5. The molecule has 0 saturated heterocycles. The summed E-state index contributed by atoms with van der Waals surface area (Å²) >= 11 is 7.49. The summed E-state index contributed by atoms with van der Waals surface area (Å²) in [5.74, 6) is 1.57. The number of ether oxygens (including phenoxy) is 1. The fourth-order valence-corrected chi connectivity index (χ4v) is 3.08. The molecule has 1 atom stereocenters. The Labute approximate surface area is 146 Å². The van der Waals surface area contributed by atoms with Gasteiger partial charge in [-0.25, -0.2) is 0 Å². The Morgan fingerprint density at radius 2 is 1.96 bits per heavy atom. The van der Waals surface area contributed by atoms with Crippen LogP contribution in [0.3, 0.4) is 0 Å². The lowest BCUT2D eigenvalue weighted by molar-refractivity contribution is -0.117. The van der Waals surface area contributed by atoms with E-state index in [1.807, 2.05) is 55.5 Å². The molecule has 0 aliphatic heterocycles. The number of hydrogen-bond donors (Lipinski definition) is 0. The maximum absolute atomic E-state index is 12.4. The largest absolute Gasteiger partial charge is 0.493 e. The van der Waals surface area contributed by atoms with Crippen molar-refractivity contribution in [3.05, 3.63) is 59.6 Å². The normalized spacial score (nSPS) is 11.8. The van der Waals surface area contributed by atoms with E-state index in [1.54, 1.807) is 29.8 Å². The molecule has 1 unspecified atom stereocenters. The highest BCUT2D eigenvalue weighted by Gasteiger charge is 2.18. The van der Waals surface area contributed by atoms with Crippen LogP contribution in [0, 0.1) is 0 Å². The molecule has 3 nitrogen and oxygen atoms in total. The van der Waals surface area contributed by atoms with Crippen LogP contribution < -0.4 is 9.64 Å². The molecule has 0 spiro atoms. The van der Waals surface area contributed by atoms with Crippen molar-refractivity contribution in [2.24, 2.45) is 0 Å². The predicted octanol–water partition coefficient (Wildman–Crippen LogP) is 4.50. The summed E-state index contributed by atoms with van der Waals surface area (Å²) in [6.07, 6.45) is 0. The van der Waals surface area contributed by atoms with Gasteiger partial charge in [0.15, 0.2) is 0 Å². The molecule has 122 valence electrons. The second kappa shape index (κ2) is 8.85. The Balaban J connectivity index is 1.76. The van der Waals surface area contributed by atoms with E-state index in [4.69, 9.17) is 16.3 Å². The van der Waals surface area contributed by atoms with E-state index in [2.05, 4.69) is 0 Å². The second-order valence-corrected chi connectivity index (χ2v) is 6.94. The Kier molecular flexibility index (Phi) is 6.81. The smallest absolute Gasteiger partial charge is 0.239 e. The molecule has 0 fully saturated rings. The van der Waals surface area contributed by atoms with Gasteiger partial charge in [0.2, 0.25) is 5.91 Å². The third-order valence-corrected chi connectivity index (χ3v) is 4.68. The lowest BCUT2D eigenvalue weighted by Gasteiger charge is -2.21. The van der Waals surface area contributed by atoms with Crippen LogP contribution in [-0.4, -0.2) is 30.6 Å². The number of anilines is 1. The number of benzene rings is 2. The zero-order chi connectivity index (χ0) is 16.7. The number of thioether (sulfide) groups is 1. The van der Waals surface area contributed by atoms with E-state index in [0.29, 0.717) is 11.6 Å². The highest BCUT2D eigenvalue weighted by Crippen LogP contribution is 2.20. The minimum atomic E-state index is -0.122. The Morgan fingerprint density at radius 3 is 2.65 bits per heavy atom. The molecular formula is C18H20ClNO2S. The SMILES string of the molecule is CC(SCCOc1cccc(Cl)c1)C(=O)N(C)c1ccccc1. The summed E-state index contributed by atoms with van der Waals surface area (Å²) in [5.41, 5.74) is 0.903. The first-order chi connectivity index (χ1) is 11.1. The lowest BCUT2D eigenvalue weighted by atomic mass is 10.3. The van der Waals surface area contributed by atoms with Crippen molar-refractivity contribution in [1.29, 1.82) is 0 Å². The maximum Gasteiger partial charge on any atom is 0.239 e. The monoisotopic (exact) mass is 349 g/mol. The molecule has 2 rings (SSSR count). The molecule has 1 amide bonds. The molecule has 0 aliphatic rings. The Morgan fingerprint density at radius 1 is 1.22 bits per heavy atom. The minimum Gasteiger partial charge on any atom is -0.493 e. The third kappa shape index (κ3) is 5.48. The lowest BCUT2D eigenvalue weighted by Crippen LogP contribution is -2.33. The third-order valence-electron chi connectivity index (χ3n) is 3.34. The number of carbonyl (C=O) groups is 1. The van der Waals surface area contributed by atoms with Gasteiger partial charge in [-0.1, -0.05) is 35.9 Å². The topological polar surface area (TPSA) is 29.5 Å². The minimum absolute atomic E-state index is 0.0870. The number of halogens is 1. The van der Waals surface area contributed by atoms with Crippen molar-refractivity contribution >= 4 is 35.0 Å². The summed E-state index contributed by atoms with van der Waals surface area (Å²) in [6, 6.07) is 17.0. The van der Waals surface area contributed by atoms with Crippen molar-refractivity contribution in [3.63, 3.8) is 0 Å². The molecule has 0 aliphatic carbocycles. The Bertz CT molecular complexity index is 636. The van der Waals surface area contributed by atoms with Gasteiger partial charge in [0, 0.05) is 23.5 Å². The number of carbonyl (C=O) groups excluding carboxylic acids is 1. The van der Waals surface area contributed by atoms with Crippen LogP contribution in [0.2, 0.25) is 5.02 Å². The zero-order valence-electron chi connectivity index (χ0n) is 13.2. The number of nitrogens with zero attached hydrogens (tertiary/aromatic N) is 1. The first kappa shape index (κ1) is 17.7. The van der Waals surface area contributed by atoms with E-state index in [-0.39, 0.29) is 11.2 Å². The fraction of sp³-hybridized carbons (Fsp3) is 0.278. The molecule has 2 aromatic rings. The molecule has 0 N–H and O–H groups in total. The first-order valence-electron chi connectivity index (χ1n) is 7.40. The summed E-state index contributed by atoms with van der Waals surface area (Å²) < 4.78 is 5.63. The summed E-state index contributed by atoms with van der Waals surface area (Å²) in [4.78, 5) is 14.1. The van der Waals surface area contributed by atoms with Crippen LogP contribution in [0.4, 0.5) is 5.69 Å². The van der Waals surface area contributed by atoms with Gasteiger partial charge in [0.25, 0.3) is 0 Å². The van der Waals surface area contributed by atoms with Crippen molar-refractivity contribution in [1.82, 2.24) is 0 Å². The molecular weight excluding hydrogens is 330 g/mol. The standard InChI is InChI=1S/C18H20ClNO2S/c1-14(18(21)20(2)16-8-4-3-5-9-16)23-12-11-22-17-10-6-7-15(19)13-17/h3-10,13-14H,11-12H2,1-2H3. The second-order valence-electron chi connectivity index (χ2n) is 5.05. The molecule has 0 radical (unpaired) electrons. The average Bonchev–Trinajstić information content (AvgIpc) is 2.58. The van der Waals surface area contributed by atoms with Crippen LogP contribution in [-0.2, 0) is 4.79 Å². The van der Waals surface area contributed by atoms with Gasteiger partial charge in [0.1, 0.15) is 5.75 Å². The van der Waals surface area contributed by atoms with Gasteiger partial charge in [-0.3, -0.25) is 4.79 Å². The van der Waals surface area contributed by atoms with Crippen LogP contribution in [0.15, 0.2) is 54.6 Å². The maximum atomic E-state index is 12.4. The highest BCUT2D eigenvalue weighted by molar-refractivity contribution is 8.00. The van der Waals surface area contributed by atoms with Crippen LogP contribution in [0.25, 0.3) is 0 Å². The molecule has 0 bridgehead atoms. The quantitative estimate of drug-likeness (QED) is 0.689. The first-order valence-corrected chi connectivity index (χ1v) is 8.83. The van der Waals surface area contributed by atoms with Gasteiger partial charge in [0.05, 0.1) is 11.9 Å². The number of hydrogen-bond acceptors (Lipinski definition) is 3. The average molecular weight is 350 g/mol. The van der Waals surface area contributed by atoms with Crippen molar-refractivity contribution in [2.75, 3.05) is 24.3 Å². The van der Waals surface area contributed by atoms with E-state index < -0.39 is 0 Å². The fourth-order valence-electron chi connectivity index (χ4n) is 2.06. The van der Waals surface area contributed by atoms with Crippen LogP contribution >= 0.6 is 23.4 Å². The van der Waals surface area contributed by atoms with Gasteiger partial charge in [-0.05, 0) is 37.3 Å². The summed E-state index contributed by atoms with van der Waals surface area (Å²) in [5, 5.41) is 0.534. The van der Waals surface area contributed by atoms with Crippen molar-refractivity contribution in [2.45, 2.75) is 12.2 Å². The molecule has 2 aromatic carbocycles. The van der Waals surface area contributed by atoms with Crippen LogP contribution in [0.5, 0.6) is 5.75 Å². The van der Waals surface area contributed by atoms with Gasteiger partial charge >= 0.3 is 0 Å². The molecule has 0 saturated carbocycles. The number of para-hydroxylation sites is 1. The number of amides is 1. The molecule has 23 heavy (non-hydrogen) atoms. The van der Waals surface area contributed by atoms with E-state index in [1.165, 1.54) is 0 Å². The van der Waals surface area contributed by atoms with Crippen LogP contribution in [0.1, 0.15) is 6.92 Å². The van der Waals surface area contributed by atoms with E-state index in [9.17, 15) is 4.79 Å². The predicted molar refractivity (Wildman–Crippen MR) is 98.7 cm³/mol. The molecule has 0 heterocycles. The van der Waals surface area contributed by atoms with E-state index >= 15 is 0 Å². The van der Waals surface area contributed by atoms with Gasteiger partial charge < -0.3 is 9.64 Å². The van der Waals surface area contributed by atoms with E-state index in [0.717, 1.165) is 17.2 Å². The van der Waals surface area contributed by atoms with Gasteiger partial charge in [-0.2, -0.15) is 0 Å². The Hall–Kier alpha value is -1.65. The zero-order valence-corrected chi connectivity index (χ0v) is 14.8. The summed E-state index contributed by atoms with van der Waals surface area (Å²) in [6.45, 7) is 2.46. The van der Waals surface area contributed by atoms with Crippen molar-refractivity contribution in [3.8, 4) is 5.75 Å². The molecule has 0 aromatic heterocycles. The number of rotatable bonds is 7.